The van der Waals surface area contributed by atoms with Gasteiger partial charge in [0.1, 0.15) is 0 Å². The Morgan fingerprint density at radius 1 is 1.50 bits per heavy atom. The summed E-state index contributed by atoms with van der Waals surface area (Å²) in [7, 11) is 0. The van der Waals surface area contributed by atoms with Crippen LogP contribution in [0, 0.1) is 5.92 Å². The highest BCUT2D eigenvalue weighted by Gasteiger charge is 1.92. The summed E-state index contributed by atoms with van der Waals surface area (Å²) in [4.78, 5) is 4.22. The first-order valence-corrected chi connectivity index (χ1v) is 3.92. The average Bonchev–Trinajstić information content (AvgIpc) is 1.98. The van der Waals surface area contributed by atoms with E-state index in [9.17, 15) is 0 Å². The van der Waals surface area contributed by atoms with Crippen molar-refractivity contribution in [3.8, 4) is 0 Å². The van der Waals surface area contributed by atoms with E-state index >= 15 is 0 Å². The first-order valence-electron chi connectivity index (χ1n) is 3.92. The summed E-state index contributed by atoms with van der Waals surface area (Å²) >= 11 is 0. The minimum Gasteiger partial charge on any atom is -0.293 e. The van der Waals surface area contributed by atoms with E-state index in [0.29, 0.717) is 0 Å². The third-order valence-electron chi connectivity index (χ3n) is 1.50. The Labute approximate surface area is 63.9 Å². The summed E-state index contributed by atoms with van der Waals surface area (Å²) in [6, 6.07) is 0. The van der Waals surface area contributed by atoms with Crippen molar-refractivity contribution < 1.29 is 0 Å². The van der Waals surface area contributed by atoms with Gasteiger partial charge in [-0.2, -0.15) is 0 Å². The van der Waals surface area contributed by atoms with Gasteiger partial charge in [-0.05, 0) is 18.9 Å². The van der Waals surface area contributed by atoms with Gasteiger partial charge in [0.05, 0.1) is 0 Å². The van der Waals surface area contributed by atoms with Crippen LogP contribution in [0.5, 0.6) is 0 Å². The zero-order valence-electron chi connectivity index (χ0n) is 7.17. The van der Waals surface area contributed by atoms with Gasteiger partial charge in [0, 0.05) is 12.8 Å². The van der Waals surface area contributed by atoms with Crippen molar-refractivity contribution in [2.24, 2.45) is 10.9 Å². The molecule has 1 atom stereocenters. The van der Waals surface area contributed by atoms with Crippen LogP contribution in [0.1, 0.15) is 27.2 Å². The van der Waals surface area contributed by atoms with Gasteiger partial charge in [0.2, 0.25) is 0 Å². The van der Waals surface area contributed by atoms with Crippen molar-refractivity contribution in [3.63, 3.8) is 0 Å². The second-order valence-electron chi connectivity index (χ2n) is 2.55. The van der Waals surface area contributed by atoms with Crippen molar-refractivity contribution in [2.45, 2.75) is 27.2 Å². The van der Waals surface area contributed by atoms with E-state index in [4.69, 9.17) is 0 Å². The second kappa shape index (κ2) is 6.53. The number of nitrogens with zero attached hydrogens (tertiary/aromatic N) is 1. The Balaban J connectivity index is 3.33. The lowest BCUT2D eigenvalue weighted by Gasteiger charge is -2.00. The van der Waals surface area contributed by atoms with Gasteiger partial charge in [-0.15, -0.1) is 0 Å². The highest BCUT2D eigenvalue weighted by molar-refractivity contribution is 5.70. The molecule has 58 valence electrons. The molecule has 0 N–H and O–H groups in total. The molecule has 0 saturated heterocycles. The molecular formula is C9H17N. The maximum atomic E-state index is 4.22. The quantitative estimate of drug-likeness (QED) is 0.531. The largest absolute Gasteiger partial charge is 0.293 e. The van der Waals surface area contributed by atoms with Gasteiger partial charge in [-0.3, -0.25) is 4.99 Å². The summed E-state index contributed by atoms with van der Waals surface area (Å²) in [5.74, 6) is 0.724. The number of hydrogen-bond acceptors (Lipinski definition) is 1. The van der Waals surface area contributed by atoms with E-state index in [0.717, 1.165) is 12.5 Å². The second-order valence-corrected chi connectivity index (χ2v) is 2.55. The number of aliphatic imine (C=N–C) groups is 1. The predicted molar refractivity (Wildman–Crippen MR) is 47.6 cm³/mol. The predicted octanol–water partition coefficient (Wildman–Crippen LogP) is 2.68. The zero-order valence-corrected chi connectivity index (χ0v) is 7.17. The van der Waals surface area contributed by atoms with E-state index in [2.05, 4.69) is 18.8 Å². The summed E-state index contributed by atoms with van der Waals surface area (Å²) in [6.07, 6.45) is 7.03. The van der Waals surface area contributed by atoms with Crippen LogP contribution >= 0.6 is 0 Å². The zero-order chi connectivity index (χ0) is 7.82. The summed E-state index contributed by atoms with van der Waals surface area (Å²) in [5, 5.41) is 0. The summed E-state index contributed by atoms with van der Waals surface area (Å²) in [6.45, 7) is 7.36. The Bertz CT molecular complexity index is 114. The smallest absolute Gasteiger partial charge is 0.0414 e. The molecule has 0 aromatic rings. The standard InChI is InChI=1S/C9H17N/c1-4-6-7-10-8-9(3)5-2/h4,6-7,9H,5,8H2,1-3H3/b6-4+,10-7?. The molecule has 10 heavy (non-hydrogen) atoms. The van der Waals surface area contributed by atoms with Crippen LogP contribution in [0.2, 0.25) is 0 Å². The van der Waals surface area contributed by atoms with Gasteiger partial charge >= 0.3 is 0 Å². The average molecular weight is 139 g/mol. The van der Waals surface area contributed by atoms with Crippen molar-refractivity contribution in [1.29, 1.82) is 0 Å². The maximum absolute atomic E-state index is 4.22. The lowest BCUT2D eigenvalue weighted by atomic mass is 10.1. The lowest BCUT2D eigenvalue weighted by Crippen LogP contribution is -1.95. The van der Waals surface area contributed by atoms with Gasteiger partial charge in [0.15, 0.2) is 0 Å². The van der Waals surface area contributed by atoms with E-state index in [-0.39, 0.29) is 0 Å². The Kier molecular flexibility index (Phi) is 6.14. The summed E-state index contributed by atoms with van der Waals surface area (Å²) < 4.78 is 0. The van der Waals surface area contributed by atoms with E-state index in [1.807, 2.05) is 25.3 Å². The number of hydrogen-bond donors (Lipinski definition) is 0. The van der Waals surface area contributed by atoms with E-state index < -0.39 is 0 Å². The third kappa shape index (κ3) is 5.54. The van der Waals surface area contributed by atoms with Crippen LogP contribution in [0.4, 0.5) is 0 Å². The minimum absolute atomic E-state index is 0.724. The van der Waals surface area contributed by atoms with Crippen LogP contribution < -0.4 is 0 Å². The fourth-order valence-electron chi connectivity index (χ4n) is 0.517. The summed E-state index contributed by atoms with van der Waals surface area (Å²) in [5.41, 5.74) is 0. The molecular weight excluding hydrogens is 122 g/mol. The minimum atomic E-state index is 0.724. The lowest BCUT2D eigenvalue weighted by molar-refractivity contribution is 0.578. The molecule has 0 aromatic heterocycles. The van der Waals surface area contributed by atoms with Crippen LogP contribution in [0.25, 0.3) is 0 Å². The molecule has 0 aliphatic heterocycles. The Hall–Kier alpha value is -0.590. The van der Waals surface area contributed by atoms with Crippen LogP contribution in [0.15, 0.2) is 17.1 Å². The molecule has 0 rings (SSSR count). The molecule has 0 aromatic carbocycles. The monoisotopic (exact) mass is 139 g/mol. The van der Waals surface area contributed by atoms with Crippen LogP contribution in [0.3, 0.4) is 0 Å². The Morgan fingerprint density at radius 3 is 2.70 bits per heavy atom. The highest BCUT2D eigenvalue weighted by atomic mass is 14.7. The fourth-order valence-corrected chi connectivity index (χ4v) is 0.517. The molecule has 0 bridgehead atoms. The topological polar surface area (TPSA) is 12.4 Å². The molecule has 0 saturated carbocycles. The van der Waals surface area contributed by atoms with Gasteiger partial charge in [-0.25, -0.2) is 0 Å². The molecule has 1 unspecified atom stereocenters. The molecule has 0 amide bonds. The molecule has 0 aliphatic rings. The fraction of sp³-hybridized carbons (Fsp3) is 0.667. The van der Waals surface area contributed by atoms with Crippen LogP contribution in [-0.4, -0.2) is 12.8 Å². The van der Waals surface area contributed by atoms with Crippen molar-refractivity contribution in [2.75, 3.05) is 6.54 Å². The van der Waals surface area contributed by atoms with Gasteiger partial charge in [0.25, 0.3) is 0 Å². The first-order chi connectivity index (χ1) is 4.81. The molecule has 0 aliphatic carbocycles. The maximum Gasteiger partial charge on any atom is 0.0414 e. The van der Waals surface area contributed by atoms with Crippen molar-refractivity contribution >= 4 is 6.21 Å². The molecule has 1 nitrogen and oxygen atoms in total. The van der Waals surface area contributed by atoms with E-state index in [1.165, 1.54) is 6.42 Å². The van der Waals surface area contributed by atoms with Gasteiger partial charge in [-0.1, -0.05) is 26.3 Å². The molecule has 0 spiro atoms. The van der Waals surface area contributed by atoms with Gasteiger partial charge < -0.3 is 0 Å². The van der Waals surface area contributed by atoms with Crippen molar-refractivity contribution in [3.05, 3.63) is 12.2 Å². The highest BCUT2D eigenvalue weighted by Crippen LogP contribution is 1.98. The molecule has 0 heterocycles. The molecule has 1 heteroatoms. The number of allylic oxidation sites excluding steroid dienone is 2. The van der Waals surface area contributed by atoms with Crippen LogP contribution in [-0.2, 0) is 0 Å². The molecule has 0 radical (unpaired) electrons. The van der Waals surface area contributed by atoms with Crippen molar-refractivity contribution in [1.82, 2.24) is 0 Å². The normalized spacial score (nSPS) is 15.1. The van der Waals surface area contributed by atoms with E-state index in [1.54, 1.807) is 0 Å². The third-order valence-corrected chi connectivity index (χ3v) is 1.50. The SMILES string of the molecule is C/C=C/C=NCC(C)CC. The number of rotatable bonds is 4. The Morgan fingerprint density at radius 2 is 2.20 bits per heavy atom. The molecule has 0 fully saturated rings. The first kappa shape index (κ1) is 9.41.